The number of aryl methyl sites for hydroxylation is 3. The second-order valence-electron chi connectivity index (χ2n) is 6.61. The Morgan fingerprint density at radius 2 is 2.08 bits per heavy atom. The van der Waals surface area contributed by atoms with Crippen LogP contribution in [0.25, 0.3) is 10.9 Å². The van der Waals surface area contributed by atoms with Gasteiger partial charge in [0, 0.05) is 41.4 Å². The van der Waals surface area contributed by atoms with Crippen molar-refractivity contribution in [2.24, 2.45) is 7.05 Å². The van der Waals surface area contributed by atoms with Crippen molar-refractivity contribution in [3.8, 4) is 0 Å². The molecule has 0 aliphatic carbocycles. The van der Waals surface area contributed by atoms with Gasteiger partial charge in [-0.3, -0.25) is 4.68 Å². The van der Waals surface area contributed by atoms with Crippen LogP contribution in [0.5, 0.6) is 0 Å². The van der Waals surface area contributed by atoms with E-state index in [2.05, 4.69) is 46.7 Å². The molecule has 2 amide bonds. The molecule has 0 aliphatic rings. The summed E-state index contributed by atoms with van der Waals surface area (Å²) >= 11 is 0. The second kappa shape index (κ2) is 6.63. The predicted molar refractivity (Wildman–Crippen MR) is 99.5 cm³/mol. The molecule has 0 fully saturated rings. The molecule has 1 atom stereocenters. The lowest BCUT2D eigenvalue weighted by molar-refractivity contribution is 0.237. The van der Waals surface area contributed by atoms with Crippen molar-refractivity contribution in [3.63, 3.8) is 0 Å². The molecule has 6 nitrogen and oxygen atoms in total. The number of benzene rings is 1. The first-order chi connectivity index (χ1) is 11.9. The third-order valence-corrected chi connectivity index (χ3v) is 4.91. The number of fused-ring (bicyclic) bond motifs is 1. The van der Waals surface area contributed by atoms with Crippen LogP contribution in [0.1, 0.15) is 41.0 Å². The van der Waals surface area contributed by atoms with Gasteiger partial charge in [0.15, 0.2) is 0 Å². The number of carbonyl (C=O) groups is 1. The van der Waals surface area contributed by atoms with Gasteiger partial charge < -0.3 is 15.6 Å². The summed E-state index contributed by atoms with van der Waals surface area (Å²) < 4.78 is 1.81. The van der Waals surface area contributed by atoms with E-state index in [1.165, 1.54) is 16.6 Å². The van der Waals surface area contributed by atoms with E-state index in [4.69, 9.17) is 0 Å². The Labute approximate surface area is 147 Å². The lowest BCUT2D eigenvalue weighted by Crippen LogP contribution is -2.36. The summed E-state index contributed by atoms with van der Waals surface area (Å²) in [5.41, 5.74) is 6.72. The molecule has 25 heavy (non-hydrogen) atoms. The summed E-state index contributed by atoms with van der Waals surface area (Å²) in [7, 11) is 1.90. The van der Waals surface area contributed by atoms with E-state index >= 15 is 0 Å². The Kier molecular flexibility index (Phi) is 4.53. The highest BCUT2D eigenvalue weighted by Crippen LogP contribution is 2.22. The van der Waals surface area contributed by atoms with Gasteiger partial charge in [0.1, 0.15) is 0 Å². The molecule has 2 heterocycles. The van der Waals surface area contributed by atoms with Crippen molar-refractivity contribution in [1.29, 1.82) is 0 Å². The summed E-state index contributed by atoms with van der Waals surface area (Å²) in [4.78, 5) is 15.6. The smallest absolute Gasteiger partial charge is 0.315 e. The topological polar surface area (TPSA) is 74.7 Å². The molecule has 0 radical (unpaired) electrons. The number of hydrogen-bond donors (Lipinski definition) is 3. The third kappa shape index (κ3) is 3.38. The summed E-state index contributed by atoms with van der Waals surface area (Å²) in [5.74, 6) is 0. The largest absolute Gasteiger partial charge is 0.358 e. The van der Waals surface area contributed by atoms with Crippen LogP contribution in [0.2, 0.25) is 0 Å². The Bertz CT molecular complexity index is 921. The lowest BCUT2D eigenvalue weighted by atomic mass is 10.1. The number of aromatic nitrogens is 3. The first kappa shape index (κ1) is 17.1. The third-order valence-electron chi connectivity index (χ3n) is 4.91. The lowest BCUT2D eigenvalue weighted by Gasteiger charge is -2.14. The number of rotatable bonds is 4. The van der Waals surface area contributed by atoms with Crippen molar-refractivity contribution in [2.45, 2.75) is 40.3 Å². The van der Waals surface area contributed by atoms with Crippen LogP contribution in [-0.4, -0.2) is 20.8 Å². The molecule has 3 aromatic rings. The number of amides is 2. The molecule has 1 unspecified atom stereocenters. The SMILES string of the molecule is Cc1[nH]c2ccc(CNC(=O)NC(C)c3cnn(C)c3C)cc2c1C. The Morgan fingerprint density at radius 3 is 2.76 bits per heavy atom. The molecule has 0 saturated carbocycles. The first-order valence-corrected chi connectivity index (χ1v) is 8.47. The maximum atomic E-state index is 12.2. The molecule has 0 spiro atoms. The van der Waals surface area contributed by atoms with Crippen molar-refractivity contribution in [3.05, 3.63) is 52.5 Å². The second-order valence-corrected chi connectivity index (χ2v) is 6.61. The van der Waals surface area contributed by atoms with Gasteiger partial charge in [0.25, 0.3) is 0 Å². The van der Waals surface area contributed by atoms with Crippen molar-refractivity contribution < 1.29 is 4.79 Å². The van der Waals surface area contributed by atoms with Gasteiger partial charge >= 0.3 is 6.03 Å². The monoisotopic (exact) mass is 339 g/mol. The van der Waals surface area contributed by atoms with E-state index in [1.54, 1.807) is 6.20 Å². The first-order valence-electron chi connectivity index (χ1n) is 8.47. The fraction of sp³-hybridized carbons (Fsp3) is 0.368. The average molecular weight is 339 g/mol. The van der Waals surface area contributed by atoms with Crippen LogP contribution < -0.4 is 10.6 Å². The summed E-state index contributed by atoms with van der Waals surface area (Å²) in [6.45, 7) is 8.62. The zero-order valence-electron chi connectivity index (χ0n) is 15.4. The van der Waals surface area contributed by atoms with Crippen LogP contribution in [0.4, 0.5) is 4.79 Å². The number of aromatic amines is 1. The maximum Gasteiger partial charge on any atom is 0.315 e. The van der Waals surface area contributed by atoms with Gasteiger partial charge in [-0.2, -0.15) is 5.10 Å². The van der Waals surface area contributed by atoms with E-state index in [9.17, 15) is 4.79 Å². The van der Waals surface area contributed by atoms with E-state index in [0.29, 0.717) is 6.54 Å². The quantitative estimate of drug-likeness (QED) is 0.681. The van der Waals surface area contributed by atoms with Crippen molar-refractivity contribution in [2.75, 3.05) is 0 Å². The number of carbonyl (C=O) groups excluding carboxylic acids is 1. The molecule has 0 bridgehead atoms. The minimum atomic E-state index is -0.183. The van der Waals surface area contributed by atoms with Crippen LogP contribution in [0.3, 0.4) is 0 Å². The zero-order valence-corrected chi connectivity index (χ0v) is 15.4. The Morgan fingerprint density at radius 1 is 1.32 bits per heavy atom. The molecule has 1 aromatic carbocycles. The van der Waals surface area contributed by atoms with Gasteiger partial charge in [-0.15, -0.1) is 0 Å². The van der Waals surface area contributed by atoms with Gasteiger partial charge in [0.05, 0.1) is 12.2 Å². The minimum absolute atomic E-state index is 0.0919. The van der Waals surface area contributed by atoms with E-state index in [1.807, 2.05) is 31.6 Å². The number of urea groups is 1. The fourth-order valence-electron chi connectivity index (χ4n) is 3.07. The standard InChI is InChI=1S/C19H25N5O/c1-11-12(2)22-18-7-6-15(8-16(11)18)9-20-19(25)23-13(3)17-10-21-24(5)14(17)4/h6-8,10,13,22H,9H2,1-5H3,(H2,20,23,25). The Balaban J connectivity index is 1.62. The van der Waals surface area contributed by atoms with Crippen LogP contribution in [0.15, 0.2) is 24.4 Å². The summed E-state index contributed by atoms with van der Waals surface area (Å²) in [5, 5.41) is 11.3. The molecule has 0 aliphatic heterocycles. The molecular formula is C19H25N5O. The van der Waals surface area contributed by atoms with Crippen LogP contribution >= 0.6 is 0 Å². The highest BCUT2D eigenvalue weighted by Gasteiger charge is 2.14. The minimum Gasteiger partial charge on any atom is -0.358 e. The molecule has 2 aromatic heterocycles. The maximum absolute atomic E-state index is 12.2. The molecule has 132 valence electrons. The number of hydrogen-bond acceptors (Lipinski definition) is 2. The van der Waals surface area contributed by atoms with E-state index in [0.717, 1.165) is 22.3 Å². The number of nitrogens with one attached hydrogen (secondary N) is 3. The van der Waals surface area contributed by atoms with Gasteiger partial charge in [-0.25, -0.2) is 4.79 Å². The van der Waals surface area contributed by atoms with Gasteiger partial charge in [0.2, 0.25) is 0 Å². The fourth-order valence-corrected chi connectivity index (χ4v) is 3.07. The number of H-pyrrole nitrogens is 1. The van der Waals surface area contributed by atoms with E-state index in [-0.39, 0.29) is 12.1 Å². The predicted octanol–water partition coefficient (Wildman–Crippen LogP) is 3.39. The summed E-state index contributed by atoms with van der Waals surface area (Å²) in [6.07, 6.45) is 1.80. The molecule has 3 rings (SSSR count). The van der Waals surface area contributed by atoms with Gasteiger partial charge in [-0.1, -0.05) is 6.07 Å². The van der Waals surface area contributed by atoms with Crippen molar-refractivity contribution >= 4 is 16.9 Å². The summed E-state index contributed by atoms with van der Waals surface area (Å²) in [6, 6.07) is 5.95. The zero-order chi connectivity index (χ0) is 18.1. The molecule has 6 heteroatoms. The van der Waals surface area contributed by atoms with Gasteiger partial charge in [-0.05, 0) is 51.0 Å². The van der Waals surface area contributed by atoms with Crippen molar-refractivity contribution in [1.82, 2.24) is 25.4 Å². The molecule has 3 N–H and O–H groups in total. The van der Waals surface area contributed by atoms with Crippen LogP contribution in [-0.2, 0) is 13.6 Å². The Hall–Kier alpha value is -2.76. The molecular weight excluding hydrogens is 314 g/mol. The molecule has 0 saturated heterocycles. The highest BCUT2D eigenvalue weighted by molar-refractivity contribution is 5.85. The average Bonchev–Trinajstić information content (AvgIpc) is 3.06. The normalized spacial score (nSPS) is 12.4. The van der Waals surface area contributed by atoms with Crippen LogP contribution in [0, 0.1) is 20.8 Å². The number of nitrogens with zero attached hydrogens (tertiary/aromatic N) is 2. The highest BCUT2D eigenvalue weighted by atomic mass is 16.2. The van der Waals surface area contributed by atoms with E-state index < -0.39 is 0 Å².